The maximum Gasteiger partial charge on any atom is 0.251 e. The van der Waals surface area contributed by atoms with Crippen LogP contribution in [0, 0.1) is 6.92 Å². The number of rotatable bonds is 14. The molecule has 0 atom stereocenters. The molecule has 0 aliphatic carbocycles. The highest BCUT2D eigenvalue weighted by atomic mass is 32.2. The fourth-order valence-corrected chi connectivity index (χ4v) is 4.83. The number of ether oxygens (including phenoxy) is 3. The third-order valence-electron chi connectivity index (χ3n) is 6.25. The molecule has 220 valence electrons. The van der Waals surface area contributed by atoms with Crippen molar-refractivity contribution in [1.29, 1.82) is 0 Å². The Morgan fingerprint density at radius 3 is 2.45 bits per heavy atom. The van der Waals surface area contributed by atoms with Crippen LogP contribution in [0.1, 0.15) is 41.5 Å². The lowest BCUT2D eigenvalue weighted by Gasteiger charge is -2.15. The number of aromatic nitrogens is 3. The fraction of sp³-hybridized carbons (Fsp3) is 0.290. The lowest BCUT2D eigenvalue weighted by molar-refractivity contribution is -0.113. The van der Waals surface area contributed by atoms with Gasteiger partial charge in [-0.25, -0.2) is 0 Å². The summed E-state index contributed by atoms with van der Waals surface area (Å²) >= 11 is 1.22. The number of carbonyl (C=O) groups excluding carboxylic acids is 2. The highest BCUT2D eigenvalue weighted by molar-refractivity contribution is 7.99. The first-order chi connectivity index (χ1) is 20.4. The van der Waals surface area contributed by atoms with Gasteiger partial charge in [-0.3, -0.25) is 14.2 Å². The minimum Gasteiger partial charge on any atom is -0.497 e. The second-order valence-corrected chi connectivity index (χ2v) is 10.3. The Hall–Kier alpha value is -4.51. The van der Waals surface area contributed by atoms with Crippen molar-refractivity contribution in [3.05, 3.63) is 83.7 Å². The van der Waals surface area contributed by atoms with E-state index in [0.29, 0.717) is 40.3 Å². The Morgan fingerprint density at radius 1 is 0.952 bits per heavy atom. The molecule has 42 heavy (non-hydrogen) atoms. The monoisotopic (exact) mass is 589 g/mol. The minimum atomic E-state index is -0.269. The molecule has 0 saturated heterocycles. The molecule has 0 aliphatic heterocycles. The molecule has 10 nitrogen and oxygen atoms in total. The van der Waals surface area contributed by atoms with Gasteiger partial charge >= 0.3 is 0 Å². The first-order valence-electron chi connectivity index (χ1n) is 13.6. The summed E-state index contributed by atoms with van der Waals surface area (Å²) in [4.78, 5) is 25.7. The first kappa shape index (κ1) is 30.4. The molecule has 0 aliphatic rings. The van der Waals surface area contributed by atoms with Gasteiger partial charge in [0.25, 0.3) is 5.91 Å². The molecule has 4 rings (SSSR count). The van der Waals surface area contributed by atoms with Gasteiger partial charge < -0.3 is 24.8 Å². The van der Waals surface area contributed by atoms with E-state index in [1.165, 1.54) is 11.8 Å². The fourth-order valence-electron chi connectivity index (χ4n) is 4.07. The molecule has 11 heteroatoms. The average Bonchev–Trinajstić information content (AvgIpc) is 3.41. The zero-order valence-corrected chi connectivity index (χ0v) is 25.0. The van der Waals surface area contributed by atoms with Gasteiger partial charge in [0.1, 0.15) is 17.2 Å². The van der Waals surface area contributed by atoms with Crippen LogP contribution in [0.3, 0.4) is 0 Å². The largest absolute Gasteiger partial charge is 0.497 e. The Balaban J connectivity index is 1.53. The van der Waals surface area contributed by atoms with Gasteiger partial charge in [-0.2, -0.15) is 0 Å². The number of anilines is 1. The number of aryl methyl sites for hydroxylation is 1. The highest BCUT2D eigenvalue weighted by Crippen LogP contribution is 2.32. The third-order valence-corrected chi connectivity index (χ3v) is 7.18. The van der Waals surface area contributed by atoms with Crippen LogP contribution in [-0.2, 0) is 11.3 Å². The predicted molar refractivity (Wildman–Crippen MR) is 163 cm³/mol. The van der Waals surface area contributed by atoms with Crippen molar-refractivity contribution >= 4 is 29.3 Å². The van der Waals surface area contributed by atoms with Gasteiger partial charge in [0.2, 0.25) is 5.91 Å². The van der Waals surface area contributed by atoms with E-state index in [-0.39, 0.29) is 24.1 Å². The molecule has 4 aromatic rings. The van der Waals surface area contributed by atoms with E-state index in [2.05, 4.69) is 27.8 Å². The van der Waals surface area contributed by atoms with Crippen LogP contribution in [0.2, 0.25) is 0 Å². The van der Waals surface area contributed by atoms with Gasteiger partial charge in [0, 0.05) is 17.3 Å². The van der Waals surface area contributed by atoms with Crippen LogP contribution in [-0.4, -0.2) is 53.2 Å². The smallest absolute Gasteiger partial charge is 0.251 e. The van der Waals surface area contributed by atoms with E-state index in [1.54, 1.807) is 61.3 Å². The number of amides is 2. The molecular formula is C31H35N5O5S. The normalized spacial score (nSPS) is 10.7. The second kappa shape index (κ2) is 14.9. The van der Waals surface area contributed by atoms with Crippen LogP contribution < -0.4 is 24.8 Å². The molecular weight excluding hydrogens is 554 g/mol. The van der Waals surface area contributed by atoms with Crippen LogP contribution in [0.5, 0.6) is 17.2 Å². The van der Waals surface area contributed by atoms with Crippen LogP contribution >= 0.6 is 11.8 Å². The molecule has 0 radical (unpaired) electrons. The Bertz CT molecular complexity index is 1510. The van der Waals surface area contributed by atoms with Crippen LogP contribution in [0.15, 0.2) is 71.9 Å². The van der Waals surface area contributed by atoms with E-state index < -0.39 is 0 Å². The predicted octanol–water partition coefficient (Wildman–Crippen LogP) is 5.43. The number of unbranched alkanes of at least 4 members (excludes halogenated alkanes) is 1. The molecule has 1 heterocycles. The summed E-state index contributed by atoms with van der Waals surface area (Å²) in [6, 6.07) is 20.0. The summed E-state index contributed by atoms with van der Waals surface area (Å²) in [5.41, 5.74) is 2.88. The molecule has 2 amide bonds. The van der Waals surface area contributed by atoms with Crippen molar-refractivity contribution in [2.45, 2.75) is 38.4 Å². The van der Waals surface area contributed by atoms with E-state index in [0.717, 1.165) is 29.8 Å². The number of thioether (sulfide) groups is 1. The van der Waals surface area contributed by atoms with Gasteiger partial charge in [0.15, 0.2) is 11.0 Å². The zero-order chi connectivity index (χ0) is 29.9. The number of hydrogen-bond donors (Lipinski definition) is 2. The Morgan fingerprint density at radius 2 is 1.74 bits per heavy atom. The summed E-state index contributed by atoms with van der Waals surface area (Å²) < 4.78 is 18.5. The van der Waals surface area contributed by atoms with Crippen molar-refractivity contribution in [1.82, 2.24) is 20.1 Å². The number of nitrogens with one attached hydrogen (secondary N) is 2. The quantitative estimate of drug-likeness (QED) is 0.148. The number of benzene rings is 3. The molecule has 1 aromatic heterocycles. The Labute approximate surface area is 249 Å². The third kappa shape index (κ3) is 8.03. The number of hydrogen-bond acceptors (Lipinski definition) is 8. The van der Waals surface area contributed by atoms with E-state index in [9.17, 15) is 9.59 Å². The maximum atomic E-state index is 13.0. The minimum absolute atomic E-state index is 0.0804. The van der Waals surface area contributed by atoms with Crippen molar-refractivity contribution < 1.29 is 23.8 Å². The van der Waals surface area contributed by atoms with E-state index >= 15 is 0 Å². The number of carbonyl (C=O) groups is 2. The molecule has 3 aromatic carbocycles. The van der Waals surface area contributed by atoms with Gasteiger partial charge in [0.05, 0.1) is 38.8 Å². The van der Waals surface area contributed by atoms with E-state index in [1.807, 2.05) is 31.2 Å². The summed E-state index contributed by atoms with van der Waals surface area (Å²) in [6.45, 7) is 4.79. The summed E-state index contributed by atoms with van der Waals surface area (Å²) in [7, 11) is 3.14. The summed E-state index contributed by atoms with van der Waals surface area (Å²) in [5, 5.41) is 15.0. The number of nitrogens with zero attached hydrogens (tertiary/aromatic N) is 3. The van der Waals surface area contributed by atoms with Gasteiger partial charge in [-0.15, -0.1) is 10.2 Å². The van der Waals surface area contributed by atoms with Crippen LogP contribution in [0.4, 0.5) is 5.69 Å². The molecule has 0 unspecified atom stereocenters. The first-order valence-corrected chi connectivity index (χ1v) is 14.6. The van der Waals surface area contributed by atoms with Crippen molar-refractivity contribution in [3.8, 4) is 22.9 Å². The molecule has 0 spiro atoms. The lowest BCUT2D eigenvalue weighted by atomic mass is 10.2. The highest BCUT2D eigenvalue weighted by Gasteiger charge is 2.20. The van der Waals surface area contributed by atoms with Gasteiger partial charge in [-0.1, -0.05) is 37.2 Å². The molecule has 0 saturated carbocycles. The topological polar surface area (TPSA) is 117 Å². The van der Waals surface area contributed by atoms with Gasteiger partial charge in [-0.05, 0) is 67.4 Å². The van der Waals surface area contributed by atoms with Crippen LogP contribution in [0.25, 0.3) is 5.69 Å². The zero-order valence-electron chi connectivity index (χ0n) is 24.2. The summed E-state index contributed by atoms with van der Waals surface area (Å²) in [6.07, 6.45) is 2.02. The standard InChI is InChI=1S/C31H35N5O5S/c1-5-6-16-41-24-12-10-22(11-13-24)30(38)32-19-28-34-35-31(36(28)26-18-25(39-3)14-15-27(26)40-4)42-20-29(37)33-23-9-7-8-21(2)17-23/h7-15,17-18H,5-6,16,19-20H2,1-4H3,(H,32,38)(H,33,37). The van der Waals surface area contributed by atoms with Crippen molar-refractivity contribution in [2.75, 3.05) is 31.9 Å². The van der Waals surface area contributed by atoms with Crippen molar-refractivity contribution in [2.24, 2.45) is 0 Å². The Kier molecular flexibility index (Phi) is 10.8. The molecule has 0 bridgehead atoms. The molecule has 0 fully saturated rings. The SMILES string of the molecule is CCCCOc1ccc(C(=O)NCc2nnc(SCC(=O)Nc3cccc(C)c3)n2-c2cc(OC)ccc2OC)cc1. The second-order valence-electron chi connectivity index (χ2n) is 9.39. The molecule has 2 N–H and O–H groups in total. The average molecular weight is 590 g/mol. The summed E-state index contributed by atoms with van der Waals surface area (Å²) in [5.74, 6) is 1.96. The van der Waals surface area contributed by atoms with E-state index in [4.69, 9.17) is 14.2 Å². The van der Waals surface area contributed by atoms with Crippen molar-refractivity contribution in [3.63, 3.8) is 0 Å². The number of methoxy groups -OCH3 is 2. The lowest BCUT2D eigenvalue weighted by Crippen LogP contribution is -2.24. The maximum absolute atomic E-state index is 13.0.